The minimum atomic E-state index is -0.992. The van der Waals surface area contributed by atoms with Gasteiger partial charge < -0.3 is 20.4 Å². The number of aliphatic hydroxyl groups is 1. The van der Waals surface area contributed by atoms with E-state index in [1.807, 2.05) is 6.92 Å². The van der Waals surface area contributed by atoms with Crippen molar-refractivity contribution in [3.8, 4) is 0 Å². The van der Waals surface area contributed by atoms with Crippen molar-refractivity contribution in [2.75, 3.05) is 25.0 Å². The first kappa shape index (κ1) is 16.0. The second-order valence-corrected chi connectivity index (χ2v) is 4.48. The molecule has 2 amide bonds. The van der Waals surface area contributed by atoms with Crippen LogP contribution in [-0.2, 0) is 0 Å². The zero-order valence-corrected chi connectivity index (χ0v) is 11.7. The molecule has 0 saturated heterocycles. The summed E-state index contributed by atoms with van der Waals surface area (Å²) in [4.78, 5) is 24.4. The van der Waals surface area contributed by atoms with Crippen LogP contribution in [0.15, 0.2) is 18.2 Å². The molecule has 0 unspecified atom stereocenters. The minimum absolute atomic E-state index is 0.0929. The number of aromatic carboxylic acids is 1. The molecule has 0 atom stereocenters. The third-order valence-corrected chi connectivity index (χ3v) is 2.86. The first-order chi connectivity index (χ1) is 9.49. The van der Waals surface area contributed by atoms with Crippen molar-refractivity contribution in [2.24, 2.45) is 0 Å². The van der Waals surface area contributed by atoms with Gasteiger partial charge in [-0.1, -0.05) is 6.92 Å². The number of aryl methyl sites for hydroxylation is 1. The van der Waals surface area contributed by atoms with E-state index in [1.54, 1.807) is 19.1 Å². The van der Waals surface area contributed by atoms with Crippen LogP contribution < -0.4 is 5.32 Å². The van der Waals surface area contributed by atoms with Crippen LogP contribution in [0.25, 0.3) is 0 Å². The van der Waals surface area contributed by atoms with Gasteiger partial charge in [0.2, 0.25) is 0 Å². The van der Waals surface area contributed by atoms with E-state index in [4.69, 9.17) is 10.2 Å². The summed E-state index contributed by atoms with van der Waals surface area (Å²) >= 11 is 0. The summed E-state index contributed by atoms with van der Waals surface area (Å²) < 4.78 is 0. The molecule has 6 heteroatoms. The maximum Gasteiger partial charge on any atom is 0.335 e. The highest BCUT2D eigenvalue weighted by atomic mass is 16.4. The second kappa shape index (κ2) is 7.49. The van der Waals surface area contributed by atoms with Gasteiger partial charge in [-0.25, -0.2) is 9.59 Å². The molecule has 6 nitrogen and oxygen atoms in total. The largest absolute Gasteiger partial charge is 0.478 e. The Labute approximate surface area is 118 Å². The molecule has 1 aromatic carbocycles. The third-order valence-electron chi connectivity index (χ3n) is 2.86. The zero-order chi connectivity index (χ0) is 15.1. The first-order valence-electron chi connectivity index (χ1n) is 6.50. The number of benzene rings is 1. The van der Waals surface area contributed by atoms with E-state index < -0.39 is 5.97 Å². The van der Waals surface area contributed by atoms with Gasteiger partial charge in [-0.2, -0.15) is 0 Å². The molecular weight excluding hydrogens is 260 g/mol. The van der Waals surface area contributed by atoms with E-state index in [9.17, 15) is 9.59 Å². The van der Waals surface area contributed by atoms with Crippen molar-refractivity contribution in [2.45, 2.75) is 20.3 Å². The number of aliphatic hydroxyl groups excluding tert-OH is 1. The Hall–Kier alpha value is -2.08. The summed E-state index contributed by atoms with van der Waals surface area (Å²) in [7, 11) is 0. The molecule has 0 aliphatic heterocycles. The van der Waals surface area contributed by atoms with Gasteiger partial charge in [0.15, 0.2) is 0 Å². The highest BCUT2D eigenvalue weighted by molar-refractivity contribution is 5.92. The summed E-state index contributed by atoms with van der Waals surface area (Å²) in [5.41, 5.74) is 1.33. The van der Waals surface area contributed by atoms with Crippen molar-refractivity contribution in [3.05, 3.63) is 29.3 Å². The van der Waals surface area contributed by atoms with E-state index in [-0.39, 0.29) is 24.7 Å². The van der Waals surface area contributed by atoms with Crippen LogP contribution in [0.4, 0.5) is 10.5 Å². The quantitative estimate of drug-likeness (QED) is 0.742. The van der Waals surface area contributed by atoms with E-state index in [2.05, 4.69) is 5.32 Å². The van der Waals surface area contributed by atoms with Crippen LogP contribution in [-0.4, -0.2) is 46.8 Å². The summed E-state index contributed by atoms with van der Waals surface area (Å²) in [5, 5.41) is 20.6. The fourth-order valence-electron chi connectivity index (χ4n) is 1.89. The molecule has 20 heavy (non-hydrogen) atoms. The molecule has 0 heterocycles. The van der Waals surface area contributed by atoms with Crippen LogP contribution in [0, 0.1) is 6.92 Å². The number of carbonyl (C=O) groups is 2. The molecule has 0 fully saturated rings. The van der Waals surface area contributed by atoms with Gasteiger partial charge >= 0.3 is 12.0 Å². The van der Waals surface area contributed by atoms with Gasteiger partial charge in [0.05, 0.1) is 12.2 Å². The van der Waals surface area contributed by atoms with Gasteiger partial charge in [0.1, 0.15) is 0 Å². The second-order valence-electron chi connectivity index (χ2n) is 4.48. The van der Waals surface area contributed by atoms with Crippen molar-refractivity contribution < 1.29 is 19.8 Å². The van der Waals surface area contributed by atoms with Crippen LogP contribution in [0.3, 0.4) is 0 Å². The normalized spacial score (nSPS) is 10.2. The molecule has 0 saturated carbocycles. The van der Waals surface area contributed by atoms with Crippen molar-refractivity contribution in [1.82, 2.24) is 4.90 Å². The highest BCUT2D eigenvalue weighted by Crippen LogP contribution is 2.15. The Bertz CT molecular complexity index is 482. The maximum absolute atomic E-state index is 12.0. The lowest BCUT2D eigenvalue weighted by Gasteiger charge is -2.21. The van der Waals surface area contributed by atoms with Crippen LogP contribution >= 0.6 is 0 Å². The monoisotopic (exact) mass is 280 g/mol. The number of nitrogens with zero attached hydrogens (tertiary/aromatic N) is 1. The van der Waals surface area contributed by atoms with E-state index in [0.717, 1.165) is 6.42 Å². The predicted molar refractivity (Wildman–Crippen MR) is 76.1 cm³/mol. The van der Waals surface area contributed by atoms with Gasteiger partial charge in [0, 0.05) is 18.8 Å². The number of hydrogen-bond acceptors (Lipinski definition) is 3. The van der Waals surface area contributed by atoms with Crippen LogP contribution in [0.1, 0.15) is 29.3 Å². The number of urea groups is 1. The molecule has 0 aromatic heterocycles. The summed E-state index contributed by atoms with van der Waals surface area (Å²) in [6, 6.07) is 4.33. The lowest BCUT2D eigenvalue weighted by molar-refractivity contribution is 0.0696. The number of carboxylic acids is 1. The zero-order valence-electron chi connectivity index (χ0n) is 11.7. The maximum atomic E-state index is 12.0. The number of amides is 2. The molecule has 0 bridgehead atoms. The SMILES string of the molecule is CCCN(CCO)C(=O)Nc1ccc(C(=O)O)c(C)c1. The van der Waals surface area contributed by atoms with Gasteiger partial charge in [0.25, 0.3) is 0 Å². The molecule has 3 N–H and O–H groups in total. The van der Waals surface area contributed by atoms with Crippen LogP contribution in [0.2, 0.25) is 0 Å². The van der Waals surface area contributed by atoms with Gasteiger partial charge in [-0.05, 0) is 37.1 Å². The van der Waals surface area contributed by atoms with Crippen molar-refractivity contribution in [3.63, 3.8) is 0 Å². The number of nitrogens with one attached hydrogen (secondary N) is 1. The Kier molecular flexibility index (Phi) is 5.99. The molecule has 0 aliphatic carbocycles. The predicted octanol–water partition coefficient (Wildman–Crippen LogP) is 1.93. The molecule has 1 aromatic rings. The van der Waals surface area contributed by atoms with Crippen LogP contribution in [0.5, 0.6) is 0 Å². The van der Waals surface area contributed by atoms with E-state index in [0.29, 0.717) is 17.8 Å². The van der Waals surface area contributed by atoms with Gasteiger partial charge in [-0.15, -0.1) is 0 Å². The standard InChI is InChI=1S/C14H20N2O4/c1-3-6-16(7-8-17)14(20)15-11-4-5-12(13(18)19)10(2)9-11/h4-5,9,17H,3,6-8H2,1-2H3,(H,15,20)(H,18,19). The Balaban J connectivity index is 2.79. The summed E-state index contributed by atoms with van der Waals surface area (Å²) in [6.07, 6.45) is 0.796. The number of hydrogen-bond donors (Lipinski definition) is 3. The Morgan fingerprint density at radius 2 is 2.00 bits per heavy atom. The lowest BCUT2D eigenvalue weighted by atomic mass is 10.1. The summed E-state index contributed by atoms with van der Waals surface area (Å²) in [6.45, 7) is 4.36. The molecular formula is C14H20N2O4. The average Bonchev–Trinajstić information content (AvgIpc) is 2.38. The highest BCUT2D eigenvalue weighted by Gasteiger charge is 2.13. The average molecular weight is 280 g/mol. The van der Waals surface area contributed by atoms with Crippen molar-refractivity contribution >= 4 is 17.7 Å². The third kappa shape index (κ3) is 4.24. The molecule has 0 aliphatic rings. The molecule has 0 spiro atoms. The number of carbonyl (C=O) groups excluding carboxylic acids is 1. The number of carboxylic acid groups (broad SMARTS) is 1. The van der Waals surface area contributed by atoms with Gasteiger partial charge in [-0.3, -0.25) is 0 Å². The number of rotatable bonds is 6. The van der Waals surface area contributed by atoms with Crippen molar-refractivity contribution in [1.29, 1.82) is 0 Å². The van der Waals surface area contributed by atoms with E-state index >= 15 is 0 Å². The van der Waals surface area contributed by atoms with E-state index in [1.165, 1.54) is 11.0 Å². The summed E-state index contributed by atoms with van der Waals surface area (Å²) in [5.74, 6) is -0.992. The molecule has 0 radical (unpaired) electrons. The lowest BCUT2D eigenvalue weighted by Crippen LogP contribution is -2.37. The molecule has 110 valence electrons. The smallest absolute Gasteiger partial charge is 0.335 e. The Morgan fingerprint density at radius 3 is 2.50 bits per heavy atom. The fourth-order valence-corrected chi connectivity index (χ4v) is 1.89. The number of anilines is 1. The fraction of sp³-hybridized carbons (Fsp3) is 0.429. The first-order valence-corrected chi connectivity index (χ1v) is 6.50. The molecule has 1 rings (SSSR count). The topological polar surface area (TPSA) is 89.9 Å². The Morgan fingerprint density at radius 1 is 1.30 bits per heavy atom. The minimum Gasteiger partial charge on any atom is -0.478 e.